The molecule has 5 heteroatoms. The number of nitrogens with zero attached hydrogens (tertiary/aromatic N) is 2. The molecule has 0 spiro atoms. The summed E-state index contributed by atoms with van der Waals surface area (Å²) >= 11 is 5.73. The van der Waals surface area contributed by atoms with Crippen molar-refractivity contribution in [1.82, 2.24) is 9.78 Å². The first-order valence-electron chi connectivity index (χ1n) is 4.91. The molecule has 3 nitrogen and oxygen atoms in total. The van der Waals surface area contributed by atoms with Crippen molar-refractivity contribution >= 4 is 17.3 Å². The van der Waals surface area contributed by atoms with E-state index in [9.17, 15) is 4.39 Å². The number of nitrogens with one attached hydrogen (secondary N) is 1. The zero-order chi connectivity index (χ0) is 11.4. The van der Waals surface area contributed by atoms with Gasteiger partial charge in [-0.05, 0) is 24.3 Å². The highest BCUT2D eigenvalue weighted by atomic mass is 35.5. The molecule has 0 saturated carbocycles. The largest absolute Gasteiger partial charge is 0.383 e. The molecule has 0 unspecified atom stereocenters. The summed E-state index contributed by atoms with van der Waals surface area (Å²) in [4.78, 5) is 0. The summed E-state index contributed by atoms with van der Waals surface area (Å²) in [6, 6.07) is 6.25. The third kappa shape index (κ3) is 2.97. The second-order valence-corrected chi connectivity index (χ2v) is 3.79. The summed E-state index contributed by atoms with van der Waals surface area (Å²) in [5, 5.41) is 7.83. The predicted octanol–water partition coefficient (Wildman–Crippen LogP) is 2.79. The smallest absolute Gasteiger partial charge is 0.123 e. The molecular formula is C11H11ClFN3. The highest BCUT2D eigenvalue weighted by molar-refractivity contribution is 6.30. The van der Waals surface area contributed by atoms with Gasteiger partial charge in [-0.3, -0.25) is 4.68 Å². The summed E-state index contributed by atoms with van der Waals surface area (Å²) in [7, 11) is 0. The zero-order valence-corrected chi connectivity index (χ0v) is 9.28. The first kappa shape index (κ1) is 11.0. The molecule has 0 fully saturated rings. The van der Waals surface area contributed by atoms with E-state index < -0.39 is 0 Å². The van der Waals surface area contributed by atoms with Crippen LogP contribution in [0.5, 0.6) is 0 Å². The maximum atomic E-state index is 12.6. The third-order valence-corrected chi connectivity index (χ3v) is 2.31. The Morgan fingerprint density at radius 3 is 2.69 bits per heavy atom. The summed E-state index contributed by atoms with van der Waals surface area (Å²) in [6.07, 6.45) is 3.35. The van der Waals surface area contributed by atoms with Gasteiger partial charge in [-0.2, -0.15) is 5.10 Å². The first-order chi connectivity index (χ1) is 7.74. The lowest BCUT2D eigenvalue weighted by atomic mass is 10.3. The number of aromatic nitrogens is 2. The number of halogens is 2. The maximum Gasteiger partial charge on any atom is 0.123 e. The van der Waals surface area contributed by atoms with Gasteiger partial charge in [0, 0.05) is 18.4 Å². The molecule has 1 aromatic heterocycles. The van der Waals surface area contributed by atoms with Gasteiger partial charge in [-0.25, -0.2) is 4.39 Å². The van der Waals surface area contributed by atoms with Gasteiger partial charge in [0.25, 0.3) is 0 Å². The minimum atomic E-state index is -0.232. The van der Waals surface area contributed by atoms with Crippen molar-refractivity contribution in [1.29, 1.82) is 0 Å². The van der Waals surface area contributed by atoms with E-state index in [-0.39, 0.29) is 5.82 Å². The Morgan fingerprint density at radius 1 is 1.31 bits per heavy atom. The number of anilines is 1. The van der Waals surface area contributed by atoms with E-state index >= 15 is 0 Å². The van der Waals surface area contributed by atoms with E-state index in [4.69, 9.17) is 11.6 Å². The van der Waals surface area contributed by atoms with E-state index in [2.05, 4.69) is 10.4 Å². The van der Waals surface area contributed by atoms with Gasteiger partial charge in [0.1, 0.15) is 5.82 Å². The normalized spacial score (nSPS) is 10.4. The van der Waals surface area contributed by atoms with E-state index in [0.717, 1.165) is 5.69 Å². The average molecular weight is 240 g/mol. The van der Waals surface area contributed by atoms with Gasteiger partial charge in [0.05, 0.1) is 17.8 Å². The fraction of sp³-hybridized carbons (Fsp3) is 0.182. The van der Waals surface area contributed by atoms with Crippen molar-refractivity contribution in [3.05, 3.63) is 47.5 Å². The molecule has 2 aromatic rings. The quantitative estimate of drug-likeness (QED) is 0.889. The van der Waals surface area contributed by atoms with Crippen LogP contribution in [0.25, 0.3) is 0 Å². The van der Waals surface area contributed by atoms with Crippen molar-refractivity contribution in [2.24, 2.45) is 0 Å². The van der Waals surface area contributed by atoms with Crippen LogP contribution < -0.4 is 5.32 Å². The van der Waals surface area contributed by atoms with Crippen LogP contribution in [-0.4, -0.2) is 16.3 Å². The Hall–Kier alpha value is -1.55. The highest BCUT2D eigenvalue weighted by Gasteiger charge is 1.96. The summed E-state index contributed by atoms with van der Waals surface area (Å²) in [5.74, 6) is -0.232. The fourth-order valence-corrected chi connectivity index (χ4v) is 1.50. The van der Waals surface area contributed by atoms with Crippen LogP contribution in [-0.2, 0) is 6.54 Å². The van der Waals surface area contributed by atoms with Crippen LogP contribution in [0.2, 0.25) is 5.02 Å². The van der Waals surface area contributed by atoms with Gasteiger partial charge in [0.15, 0.2) is 0 Å². The maximum absolute atomic E-state index is 12.6. The van der Waals surface area contributed by atoms with Crippen LogP contribution in [0, 0.1) is 5.82 Å². The van der Waals surface area contributed by atoms with Crippen molar-refractivity contribution in [2.75, 3.05) is 11.9 Å². The van der Waals surface area contributed by atoms with E-state index in [1.165, 1.54) is 12.1 Å². The Bertz CT molecular complexity index is 453. The second kappa shape index (κ2) is 4.99. The summed E-state index contributed by atoms with van der Waals surface area (Å²) in [5.41, 5.74) is 0.889. The van der Waals surface area contributed by atoms with Gasteiger partial charge in [0.2, 0.25) is 0 Å². The molecule has 0 saturated heterocycles. The van der Waals surface area contributed by atoms with Gasteiger partial charge in [-0.15, -0.1) is 0 Å². The van der Waals surface area contributed by atoms with E-state index in [1.807, 2.05) is 0 Å². The molecule has 0 amide bonds. The number of hydrogen-bond acceptors (Lipinski definition) is 2. The molecule has 0 aliphatic carbocycles. The monoisotopic (exact) mass is 239 g/mol. The summed E-state index contributed by atoms with van der Waals surface area (Å²) < 4.78 is 14.4. The Labute approximate surface area is 97.8 Å². The van der Waals surface area contributed by atoms with Gasteiger partial charge in [-0.1, -0.05) is 11.6 Å². The second-order valence-electron chi connectivity index (χ2n) is 3.36. The van der Waals surface area contributed by atoms with Crippen LogP contribution in [0.4, 0.5) is 10.1 Å². The molecule has 0 aliphatic rings. The molecule has 0 atom stereocenters. The average Bonchev–Trinajstić information content (AvgIpc) is 2.67. The lowest BCUT2D eigenvalue weighted by Gasteiger charge is -2.05. The van der Waals surface area contributed by atoms with Crippen LogP contribution >= 0.6 is 11.6 Å². The Morgan fingerprint density at radius 2 is 2.06 bits per heavy atom. The standard InChI is InChI=1S/C11H11ClFN3/c12-9-7-15-16(8-9)6-5-14-11-3-1-10(13)2-4-11/h1-4,7-8,14H,5-6H2. The Balaban J connectivity index is 1.82. The summed E-state index contributed by atoms with van der Waals surface area (Å²) in [6.45, 7) is 1.42. The van der Waals surface area contributed by atoms with Gasteiger partial charge < -0.3 is 5.32 Å². The molecule has 84 valence electrons. The lowest BCUT2D eigenvalue weighted by molar-refractivity contribution is 0.627. The van der Waals surface area contributed by atoms with Crippen molar-refractivity contribution in [3.63, 3.8) is 0 Å². The van der Waals surface area contributed by atoms with Crippen LogP contribution in [0.15, 0.2) is 36.7 Å². The number of rotatable bonds is 4. The highest BCUT2D eigenvalue weighted by Crippen LogP contribution is 2.08. The van der Waals surface area contributed by atoms with Crippen molar-refractivity contribution in [2.45, 2.75) is 6.54 Å². The minimum Gasteiger partial charge on any atom is -0.383 e. The van der Waals surface area contributed by atoms with Crippen LogP contribution in [0.3, 0.4) is 0 Å². The number of benzene rings is 1. The topological polar surface area (TPSA) is 29.9 Å². The molecule has 2 rings (SSSR count). The predicted molar refractivity (Wildman–Crippen MR) is 62.1 cm³/mol. The molecular weight excluding hydrogens is 229 g/mol. The molecule has 0 bridgehead atoms. The molecule has 0 aliphatic heterocycles. The minimum absolute atomic E-state index is 0.232. The molecule has 1 N–H and O–H groups in total. The van der Waals surface area contributed by atoms with E-state index in [1.54, 1.807) is 29.2 Å². The Kier molecular flexibility index (Phi) is 3.41. The van der Waals surface area contributed by atoms with Crippen LogP contribution in [0.1, 0.15) is 0 Å². The molecule has 0 radical (unpaired) electrons. The fourth-order valence-electron chi connectivity index (χ4n) is 1.34. The number of hydrogen-bond donors (Lipinski definition) is 1. The van der Waals surface area contributed by atoms with E-state index in [0.29, 0.717) is 18.1 Å². The SMILES string of the molecule is Fc1ccc(NCCn2cc(Cl)cn2)cc1. The van der Waals surface area contributed by atoms with Gasteiger partial charge >= 0.3 is 0 Å². The van der Waals surface area contributed by atoms with Crippen molar-refractivity contribution < 1.29 is 4.39 Å². The zero-order valence-electron chi connectivity index (χ0n) is 8.53. The third-order valence-electron chi connectivity index (χ3n) is 2.12. The lowest BCUT2D eigenvalue weighted by Crippen LogP contribution is -2.10. The molecule has 16 heavy (non-hydrogen) atoms. The molecule has 1 aromatic carbocycles. The van der Waals surface area contributed by atoms with Crippen molar-refractivity contribution in [3.8, 4) is 0 Å². The molecule has 1 heterocycles. The first-order valence-corrected chi connectivity index (χ1v) is 5.29.